The summed E-state index contributed by atoms with van der Waals surface area (Å²) in [6, 6.07) is 2.80. The Hall–Kier alpha value is -3.60. The van der Waals surface area contributed by atoms with Crippen molar-refractivity contribution in [1.82, 2.24) is 0 Å². The van der Waals surface area contributed by atoms with Gasteiger partial charge in [-0.2, -0.15) is 0 Å². The summed E-state index contributed by atoms with van der Waals surface area (Å²) in [5, 5.41) is 10.9. The summed E-state index contributed by atoms with van der Waals surface area (Å²) in [7, 11) is 0. The van der Waals surface area contributed by atoms with Crippen molar-refractivity contribution in [1.29, 1.82) is 0 Å². The van der Waals surface area contributed by atoms with Crippen molar-refractivity contribution in [2.45, 2.75) is 89.6 Å². The van der Waals surface area contributed by atoms with Gasteiger partial charge in [-0.05, 0) is 69.6 Å². The third-order valence-corrected chi connectivity index (χ3v) is 8.05. The molecule has 1 aliphatic carbocycles. The zero-order valence-corrected chi connectivity index (χ0v) is 26.0. The molecular weight excluding hydrogens is 586 g/mol. The summed E-state index contributed by atoms with van der Waals surface area (Å²) in [5.74, 6) is 2.77. The number of aliphatic hydroxyl groups excluding tert-OH is 1. The van der Waals surface area contributed by atoms with Crippen LogP contribution in [0.15, 0.2) is 30.4 Å². The van der Waals surface area contributed by atoms with Gasteiger partial charge in [-0.15, -0.1) is 24.7 Å². The summed E-state index contributed by atoms with van der Waals surface area (Å²) in [5.41, 5.74) is 0. The van der Waals surface area contributed by atoms with Crippen LogP contribution < -0.4 is 4.74 Å². The second kappa shape index (κ2) is 18.4. The lowest BCUT2D eigenvalue weighted by Gasteiger charge is -2.22. The van der Waals surface area contributed by atoms with Crippen molar-refractivity contribution >= 4 is 12.1 Å². The van der Waals surface area contributed by atoms with Crippen LogP contribution in [0.25, 0.3) is 0 Å². The zero-order valence-electron chi connectivity index (χ0n) is 26.0. The van der Waals surface area contributed by atoms with Gasteiger partial charge in [-0.25, -0.2) is 13.6 Å². The van der Waals surface area contributed by atoms with Gasteiger partial charge in [0.1, 0.15) is 12.4 Å². The average Bonchev–Trinajstić information content (AvgIpc) is 3.15. The van der Waals surface area contributed by atoms with E-state index in [2.05, 4.69) is 11.8 Å². The van der Waals surface area contributed by atoms with Crippen molar-refractivity contribution < 1.29 is 47.2 Å². The Morgan fingerprint density at radius 1 is 1.13 bits per heavy atom. The van der Waals surface area contributed by atoms with Gasteiger partial charge < -0.3 is 28.8 Å². The van der Waals surface area contributed by atoms with Crippen LogP contribution in [0.4, 0.5) is 13.6 Å². The van der Waals surface area contributed by atoms with Crippen LogP contribution in [-0.4, -0.2) is 61.5 Å². The third kappa shape index (κ3) is 12.0. The molecule has 10 heteroatoms. The number of hydrogen-bond acceptors (Lipinski definition) is 8. The Balaban J connectivity index is 1.64. The van der Waals surface area contributed by atoms with Gasteiger partial charge in [-0.3, -0.25) is 4.79 Å². The Labute approximate surface area is 264 Å². The third-order valence-electron chi connectivity index (χ3n) is 8.05. The van der Waals surface area contributed by atoms with Gasteiger partial charge >= 0.3 is 12.1 Å². The largest absolute Gasteiger partial charge is 0.508 e. The van der Waals surface area contributed by atoms with E-state index < -0.39 is 30.0 Å². The number of rotatable bonds is 15. The Morgan fingerprint density at radius 2 is 1.89 bits per heavy atom. The molecule has 3 rings (SSSR count). The maximum absolute atomic E-state index is 14.2. The van der Waals surface area contributed by atoms with E-state index in [0.717, 1.165) is 37.5 Å². The van der Waals surface area contributed by atoms with E-state index >= 15 is 0 Å². The van der Waals surface area contributed by atoms with Gasteiger partial charge in [0.25, 0.3) is 0 Å². The number of fused-ring (bicyclic) bond motifs is 1. The van der Waals surface area contributed by atoms with Gasteiger partial charge in [0.15, 0.2) is 17.7 Å². The summed E-state index contributed by atoms with van der Waals surface area (Å²) in [6.45, 7) is 3.82. The molecule has 1 heterocycles. The molecule has 1 saturated carbocycles. The van der Waals surface area contributed by atoms with Crippen LogP contribution in [0.1, 0.15) is 65.2 Å². The summed E-state index contributed by atoms with van der Waals surface area (Å²) >= 11 is 0. The van der Waals surface area contributed by atoms with E-state index in [1.807, 2.05) is 13.8 Å². The first kappa shape index (κ1) is 35.9. The number of ether oxygens (including phenoxy) is 5. The molecule has 0 bridgehead atoms. The standard InChI is InChI=1S/C35H44F2O8/c1-5-8-24(9-6-2)21-43-35(40)45-27(22-42-33-18-26(36)13-17-30(33)37)14-16-28-29-15-12-25(20-41-32(29)19-31(28)38)10-7-11-34(39)44-23(3)4/h1-2,13-14,16-18,23-25,27-29,31-32,38H,7-12,15,19-22H2,3-4H3/b16-14+/t25-,27?,28+,29+,31+,32-/m0/s1. The number of halogens is 2. The second-order valence-corrected chi connectivity index (χ2v) is 12.0. The normalized spacial score (nSPS) is 23.5. The van der Waals surface area contributed by atoms with Crippen LogP contribution in [0.3, 0.4) is 0 Å². The molecule has 1 aromatic carbocycles. The summed E-state index contributed by atoms with van der Waals surface area (Å²) < 4.78 is 55.5. The lowest BCUT2D eigenvalue weighted by molar-refractivity contribution is -0.147. The maximum atomic E-state index is 14.2. The highest BCUT2D eigenvalue weighted by Crippen LogP contribution is 2.42. The molecule has 1 aliphatic heterocycles. The number of aliphatic hydroxyl groups is 1. The minimum absolute atomic E-state index is 0.0228. The summed E-state index contributed by atoms with van der Waals surface area (Å²) in [4.78, 5) is 24.5. The van der Waals surface area contributed by atoms with Crippen molar-refractivity contribution in [2.75, 3.05) is 19.8 Å². The second-order valence-electron chi connectivity index (χ2n) is 12.0. The van der Waals surface area contributed by atoms with Crippen LogP contribution >= 0.6 is 0 Å². The lowest BCUT2D eigenvalue weighted by Crippen LogP contribution is -2.26. The molecule has 1 N–H and O–H groups in total. The molecule has 0 spiro atoms. The number of benzene rings is 1. The molecule has 1 saturated heterocycles. The molecule has 0 aromatic heterocycles. The molecule has 6 atom stereocenters. The number of esters is 1. The van der Waals surface area contributed by atoms with E-state index in [1.165, 1.54) is 0 Å². The zero-order chi connectivity index (χ0) is 32.8. The smallest absolute Gasteiger partial charge is 0.486 e. The van der Waals surface area contributed by atoms with Crippen molar-refractivity contribution in [3.8, 4) is 30.4 Å². The topological polar surface area (TPSA) is 101 Å². The predicted molar refractivity (Wildman–Crippen MR) is 163 cm³/mol. The Bertz CT molecular complexity index is 1200. The Kier molecular flexibility index (Phi) is 14.7. The number of hydrogen-bond donors (Lipinski definition) is 1. The van der Waals surface area contributed by atoms with E-state index in [4.69, 9.17) is 36.5 Å². The number of carbonyl (C=O) groups excluding carboxylic acids is 2. The molecule has 1 aromatic rings. The van der Waals surface area contributed by atoms with Gasteiger partial charge in [0.2, 0.25) is 0 Å². The van der Waals surface area contributed by atoms with Crippen molar-refractivity contribution in [2.24, 2.45) is 23.7 Å². The first-order valence-corrected chi connectivity index (χ1v) is 15.5. The number of terminal acetylenes is 2. The molecule has 2 fully saturated rings. The lowest BCUT2D eigenvalue weighted by atomic mass is 9.86. The molecule has 246 valence electrons. The maximum Gasteiger partial charge on any atom is 0.508 e. The quantitative estimate of drug-likeness (QED) is 0.143. The molecular formula is C35H44F2O8. The van der Waals surface area contributed by atoms with Crippen LogP contribution in [0, 0.1) is 60.0 Å². The van der Waals surface area contributed by atoms with E-state index in [-0.39, 0.29) is 60.8 Å². The fraction of sp³-hybridized carbons (Fsp3) is 0.600. The molecule has 2 aliphatic rings. The molecule has 0 radical (unpaired) electrons. The SMILES string of the molecule is C#CCC(CC#C)COC(=O)OC(/C=C/[C@@H]1[C@H]2CC[C@H](CCCC(=O)OC(C)C)CO[C@H]2C[C@H]1O)COc1cc(F)ccc1F. The molecule has 0 amide bonds. The predicted octanol–water partition coefficient (Wildman–Crippen LogP) is 6.00. The van der Waals surface area contributed by atoms with Crippen molar-refractivity contribution in [3.63, 3.8) is 0 Å². The van der Waals surface area contributed by atoms with Crippen LogP contribution in [0.2, 0.25) is 0 Å². The van der Waals surface area contributed by atoms with E-state index in [9.17, 15) is 23.5 Å². The first-order valence-electron chi connectivity index (χ1n) is 15.5. The minimum atomic E-state index is -1.05. The van der Waals surface area contributed by atoms with Crippen LogP contribution in [-0.2, 0) is 23.7 Å². The monoisotopic (exact) mass is 630 g/mol. The fourth-order valence-electron chi connectivity index (χ4n) is 5.81. The number of carbonyl (C=O) groups is 2. The highest BCUT2D eigenvalue weighted by atomic mass is 19.1. The minimum Gasteiger partial charge on any atom is -0.486 e. The highest BCUT2D eigenvalue weighted by molar-refractivity contribution is 5.69. The molecule has 8 nitrogen and oxygen atoms in total. The van der Waals surface area contributed by atoms with Crippen LogP contribution in [0.5, 0.6) is 5.75 Å². The molecule has 45 heavy (non-hydrogen) atoms. The fourth-order valence-corrected chi connectivity index (χ4v) is 5.81. The van der Waals surface area contributed by atoms with Gasteiger partial charge in [-0.1, -0.05) is 6.08 Å². The van der Waals surface area contributed by atoms with E-state index in [1.54, 1.807) is 12.2 Å². The Morgan fingerprint density at radius 3 is 2.60 bits per heavy atom. The first-order chi connectivity index (χ1) is 21.6. The van der Waals surface area contributed by atoms with Gasteiger partial charge in [0.05, 0.1) is 24.9 Å². The average molecular weight is 631 g/mol. The molecule has 1 unspecified atom stereocenters. The highest BCUT2D eigenvalue weighted by Gasteiger charge is 2.43. The summed E-state index contributed by atoms with van der Waals surface area (Å²) in [6.07, 6.45) is 15.8. The van der Waals surface area contributed by atoms with Gasteiger partial charge in [0, 0.05) is 50.2 Å². The van der Waals surface area contributed by atoms with Crippen molar-refractivity contribution in [3.05, 3.63) is 42.0 Å². The van der Waals surface area contributed by atoms with E-state index in [0.29, 0.717) is 38.7 Å².